The van der Waals surface area contributed by atoms with Gasteiger partial charge in [0.05, 0.1) is 30.5 Å². The van der Waals surface area contributed by atoms with Crippen LogP contribution in [0.3, 0.4) is 0 Å². The number of carbonyl (C=O) groups excluding carboxylic acids is 1. The number of morpholine rings is 1. The Kier molecular flexibility index (Phi) is 5.63. The van der Waals surface area contributed by atoms with Gasteiger partial charge in [-0.3, -0.25) is 4.79 Å². The molecule has 1 aromatic carbocycles. The van der Waals surface area contributed by atoms with Crippen LogP contribution >= 0.6 is 11.3 Å². The standard InChI is InChI=1S/C19H22N2O3S/c1-15-20-17(12-25-15)7-8-18(23)21-9-10-24-19(13-21,14-22)11-16-5-3-2-4-6-16/h2-8,12,22H,9-11,13-14H2,1H3/b8-7+/t19-/m0/s1. The molecule has 1 amide bonds. The second kappa shape index (κ2) is 7.91. The molecule has 0 saturated carbocycles. The van der Waals surface area contributed by atoms with Gasteiger partial charge in [-0.2, -0.15) is 0 Å². The zero-order valence-electron chi connectivity index (χ0n) is 14.2. The van der Waals surface area contributed by atoms with E-state index in [4.69, 9.17) is 4.74 Å². The molecule has 0 spiro atoms. The minimum atomic E-state index is -0.750. The molecule has 0 radical (unpaired) electrons. The summed E-state index contributed by atoms with van der Waals surface area (Å²) in [6, 6.07) is 9.89. The number of carbonyl (C=O) groups is 1. The van der Waals surface area contributed by atoms with E-state index in [0.717, 1.165) is 16.3 Å². The third-order valence-corrected chi connectivity index (χ3v) is 5.04. The van der Waals surface area contributed by atoms with Gasteiger partial charge in [-0.1, -0.05) is 30.3 Å². The number of aryl methyl sites for hydroxylation is 1. The summed E-state index contributed by atoms with van der Waals surface area (Å²) in [6.45, 7) is 3.13. The van der Waals surface area contributed by atoms with E-state index < -0.39 is 5.60 Å². The molecule has 25 heavy (non-hydrogen) atoms. The predicted octanol–water partition coefficient (Wildman–Crippen LogP) is 2.30. The van der Waals surface area contributed by atoms with E-state index in [1.165, 1.54) is 0 Å². The first kappa shape index (κ1) is 17.8. The maximum absolute atomic E-state index is 12.5. The third-order valence-electron chi connectivity index (χ3n) is 4.25. The summed E-state index contributed by atoms with van der Waals surface area (Å²) >= 11 is 1.56. The highest BCUT2D eigenvalue weighted by atomic mass is 32.1. The topological polar surface area (TPSA) is 62.7 Å². The fraction of sp³-hybridized carbons (Fsp3) is 0.368. The van der Waals surface area contributed by atoms with Crippen LogP contribution in [0.2, 0.25) is 0 Å². The minimum Gasteiger partial charge on any atom is -0.393 e. The first-order chi connectivity index (χ1) is 12.1. The summed E-state index contributed by atoms with van der Waals surface area (Å²) in [4.78, 5) is 18.6. The van der Waals surface area contributed by atoms with Crippen molar-refractivity contribution in [3.8, 4) is 0 Å². The lowest BCUT2D eigenvalue weighted by Crippen LogP contribution is -2.56. The summed E-state index contributed by atoms with van der Waals surface area (Å²) in [6.07, 6.45) is 3.85. The highest BCUT2D eigenvalue weighted by Crippen LogP contribution is 2.23. The molecule has 5 nitrogen and oxygen atoms in total. The lowest BCUT2D eigenvalue weighted by molar-refractivity contribution is -0.153. The van der Waals surface area contributed by atoms with Gasteiger partial charge < -0.3 is 14.7 Å². The van der Waals surface area contributed by atoms with Crippen molar-refractivity contribution in [1.82, 2.24) is 9.88 Å². The van der Waals surface area contributed by atoms with Gasteiger partial charge in [0.15, 0.2) is 0 Å². The van der Waals surface area contributed by atoms with E-state index in [9.17, 15) is 9.90 Å². The third kappa shape index (κ3) is 4.54. The Morgan fingerprint density at radius 1 is 1.44 bits per heavy atom. The molecule has 2 heterocycles. The summed E-state index contributed by atoms with van der Waals surface area (Å²) < 4.78 is 5.89. The molecule has 0 aliphatic carbocycles. The second-order valence-electron chi connectivity index (χ2n) is 6.24. The van der Waals surface area contributed by atoms with Crippen molar-refractivity contribution in [3.05, 3.63) is 58.1 Å². The Bertz CT molecular complexity index is 744. The number of thiazole rings is 1. The highest BCUT2D eigenvalue weighted by Gasteiger charge is 2.37. The van der Waals surface area contributed by atoms with Crippen LogP contribution in [0.5, 0.6) is 0 Å². The number of hydrogen-bond donors (Lipinski definition) is 1. The molecule has 1 aromatic heterocycles. The van der Waals surface area contributed by atoms with Crippen molar-refractivity contribution in [3.63, 3.8) is 0 Å². The van der Waals surface area contributed by atoms with Gasteiger partial charge in [-0.15, -0.1) is 11.3 Å². The number of nitrogens with zero attached hydrogens (tertiary/aromatic N) is 2. The van der Waals surface area contributed by atoms with Crippen molar-refractivity contribution in [1.29, 1.82) is 0 Å². The number of benzene rings is 1. The van der Waals surface area contributed by atoms with E-state index in [0.29, 0.717) is 26.1 Å². The molecule has 1 N–H and O–H groups in total. The average Bonchev–Trinajstić information content (AvgIpc) is 3.06. The molecule has 1 aliphatic heterocycles. The fourth-order valence-corrected chi connectivity index (χ4v) is 3.56. The second-order valence-corrected chi connectivity index (χ2v) is 7.30. The highest BCUT2D eigenvalue weighted by molar-refractivity contribution is 7.09. The Hall–Kier alpha value is -2.02. The zero-order valence-corrected chi connectivity index (χ0v) is 15.0. The maximum Gasteiger partial charge on any atom is 0.246 e. The van der Waals surface area contributed by atoms with Crippen LogP contribution in [0.4, 0.5) is 0 Å². The maximum atomic E-state index is 12.5. The molecule has 1 atom stereocenters. The van der Waals surface area contributed by atoms with Gasteiger partial charge in [0.1, 0.15) is 5.60 Å². The van der Waals surface area contributed by atoms with E-state index in [1.54, 1.807) is 28.4 Å². The lowest BCUT2D eigenvalue weighted by atomic mass is 9.93. The molecule has 1 fully saturated rings. The lowest BCUT2D eigenvalue weighted by Gasteiger charge is -2.41. The molecule has 132 valence electrons. The molecule has 0 bridgehead atoms. The fourth-order valence-electron chi connectivity index (χ4n) is 2.98. The van der Waals surface area contributed by atoms with Gasteiger partial charge in [0.2, 0.25) is 5.91 Å². The molecular weight excluding hydrogens is 336 g/mol. The van der Waals surface area contributed by atoms with Crippen LogP contribution in [0.25, 0.3) is 6.08 Å². The summed E-state index contributed by atoms with van der Waals surface area (Å²) in [5.41, 5.74) is 1.13. The van der Waals surface area contributed by atoms with E-state index in [2.05, 4.69) is 4.98 Å². The van der Waals surface area contributed by atoms with E-state index >= 15 is 0 Å². The number of hydrogen-bond acceptors (Lipinski definition) is 5. The smallest absolute Gasteiger partial charge is 0.246 e. The van der Waals surface area contributed by atoms with Crippen molar-refractivity contribution in [2.45, 2.75) is 18.9 Å². The Balaban J connectivity index is 1.68. The van der Waals surface area contributed by atoms with Gasteiger partial charge in [0, 0.05) is 24.4 Å². The molecule has 3 rings (SSSR count). The molecule has 0 unspecified atom stereocenters. The molecule has 1 aliphatic rings. The number of aliphatic hydroxyl groups excluding tert-OH is 1. The molecular formula is C19H22N2O3S. The van der Waals surface area contributed by atoms with Crippen molar-refractivity contribution in [2.24, 2.45) is 0 Å². The summed E-state index contributed by atoms with van der Waals surface area (Å²) in [5.74, 6) is -0.0835. The first-order valence-electron chi connectivity index (χ1n) is 8.28. The first-order valence-corrected chi connectivity index (χ1v) is 9.16. The largest absolute Gasteiger partial charge is 0.393 e. The van der Waals surface area contributed by atoms with Gasteiger partial charge in [0.25, 0.3) is 0 Å². The van der Waals surface area contributed by atoms with Crippen molar-refractivity contribution < 1.29 is 14.6 Å². The number of ether oxygens (including phenoxy) is 1. The normalized spacial score (nSPS) is 21.0. The van der Waals surface area contributed by atoms with Crippen LogP contribution in [0.15, 0.2) is 41.8 Å². The van der Waals surface area contributed by atoms with Crippen LogP contribution in [0.1, 0.15) is 16.3 Å². The Morgan fingerprint density at radius 2 is 2.24 bits per heavy atom. The van der Waals surface area contributed by atoms with E-state index in [-0.39, 0.29) is 12.5 Å². The Morgan fingerprint density at radius 3 is 2.92 bits per heavy atom. The minimum absolute atomic E-state index is 0.0835. The zero-order chi connectivity index (χ0) is 17.7. The monoisotopic (exact) mass is 358 g/mol. The molecule has 6 heteroatoms. The van der Waals surface area contributed by atoms with Crippen molar-refractivity contribution in [2.75, 3.05) is 26.3 Å². The molecule has 1 saturated heterocycles. The van der Waals surface area contributed by atoms with Crippen LogP contribution in [0, 0.1) is 6.92 Å². The van der Waals surface area contributed by atoms with Gasteiger partial charge in [-0.25, -0.2) is 4.98 Å². The number of rotatable bonds is 5. The number of aliphatic hydroxyl groups is 1. The van der Waals surface area contributed by atoms with Crippen LogP contribution < -0.4 is 0 Å². The summed E-state index contributed by atoms with van der Waals surface area (Å²) in [5, 5.41) is 12.8. The predicted molar refractivity (Wildman–Crippen MR) is 98.4 cm³/mol. The van der Waals surface area contributed by atoms with Gasteiger partial charge in [-0.05, 0) is 18.6 Å². The number of amides is 1. The molecule has 2 aromatic rings. The van der Waals surface area contributed by atoms with Crippen molar-refractivity contribution >= 4 is 23.3 Å². The number of aromatic nitrogens is 1. The average molecular weight is 358 g/mol. The van der Waals surface area contributed by atoms with Crippen LogP contribution in [-0.2, 0) is 16.0 Å². The summed E-state index contributed by atoms with van der Waals surface area (Å²) in [7, 11) is 0. The quantitative estimate of drug-likeness (QED) is 0.833. The Labute approximate surface area is 151 Å². The SMILES string of the molecule is Cc1nc(/C=C/C(=O)N2CCO[C@@](CO)(Cc3ccccc3)C2)cs1. The van der Waals surface area contributed by atoms with Crippen LogP contribution in [-0.4, -0.2) is 52.8 Å². The van der Waals surface area contributed by atoms with E-state index in [1.807, 2.05) is 42.6 Å². The van der Waals surface area contributed by atoms with Gasteiger partial charge >= 0.3 is 0 Å².